The highest BCUT2D eigenvalue weighted by Crippen LogP contribution is 2.44. The van der Waals surface area contributed by atoms with Gasteiger partial charge < -0.3 is 19.6 Å². The number of quaternary nitrogens is 1. The van der Waals surface area contributed by atoms with Gasteiger partial charge in [-0.3, -0.25) is 9.32 Å². The van der Waals surface area contributed by atoms with Gasteiger partial charge in [-0.2, -0.15) is 9.69 Å². The number of likely N-dealkylation sites (N-methyl/N-ethyl adjacent to an activating group) is 1. The molecule has 0 aromatic carbocycles. The van der Waals surface area contributed by atoms with Crippen molar-refractivity contribution in [1.82, 2.24) is 5.06 Å². The number of aliphatic carboxylic acids is 1. The summed E-state index contributed by atoms with van der Waals surface area (Å²) in [5, 5.41) is 19.1. The first-order valence-corrected chi connectivity index (χ1v) is 9.09. The summed E-state index contributed by atoms with van der Waals surface area (Å²) in [6.45, 7) is 1.80. The third-order valence-electron chi connectivity index (χ3n) is 3.01. The van der Waals surface area contributed by atoms with E-state index in [0.29, 0.717) is 17.4 Å². The molecule has 138 valence electrons. The van der Waals surface area contributed by atoms with Gasteiger partial charge in [-0.05, 0) is 6.42 Å². The molecule has 0 amide bonds. The van der Waals surface area contributed by atoms with E-state index in [4.69, 9.17) is 14.3 Å². The first-order chi connectivity index (χ1) is 10.5. The van der Waals surface area contributed by atoms with E-state index < -0.39 is 26.4 Å². The average molecular weight is 357 g/mol. The van der Waals surface area contributed by atoms with Crippen LogP contribution in [0.2, 0.25) is 0 Å². The minimum absolute atomic E-state index is 0.0169. The number of aliphatic hydroxyl groups excluding tert-OH is 1. The number of carboxylic acid groups (broad SMARTS) is 1. The zero-order chi connectivity index (χ0) is 18.1. The number of phosphoric ester groups is 1. The van der Waals surface area contributed by atoms with Crippen LogP contribution in [0, 0.1) is 0 Å². The number of hydroxylamine groups is 2. The number of unbranched alkanes of at least 4 members (excludes halogenated alkanes) is 2. The number of aliphatic hydroxyl groups is 1. The fourth-order valence-corrected chi connectivity index (χ4v) is 2.47. The standard InChI is InChI=1S/C13H29N2O7P/c1-5-6-7-8-14(12(11-16)13(17)18)22-23(19,20)21-10-9-15(2,3)4/h12,16H,5-11H2,1-4H3,(H-,17,18,19,20)/p+1/t12-/m1/s1. The lowest BCUT2D eigenvalue weighted by Crippen LogP contribution is -2.44. The highest BCUT2D eigenvalue weighted by atomic mass is 31.2. The van der Waals surface area contributed by atoms with Crippen LogP contribution in [0.15, 0.2) is 0 Å². The van der Waals surface area contributed by atoms with Crippen LogP contribution >= 0.6 is 7.82 Å². The molecule has 1 unspecified atom stereocenters. The minimum atomic E-state index is -4.45. The summed E-state index contributed by atoms with van der Waals surface area (Å²) >= 11 is 0. The highest BCUT2D eigenvalue weighted by Gasteiger charge is 2.33. The molecule has 23 heavy (non-hydrogen) atoms. The molecule has 0 aromatic rings. The maximum absolute atomic E-state index is 12.0. The molecule has 0 aliphatic heterocycles. The number of carbonyl (C=O) groups is 1. The fourth-order valence-electron chi connectivity index (χ4n) is 1.65. The number of hydrogen-bond donors (Lipinski definition) is 3. The Morgan fingerprint density at radius 1 is 1.30 bits per heavy atom. The average Bonchev–Trinajstić information content (AvgIpc) is 2.36. The summed E-state index contributed by atoms with van der Waals surface area (Å²) in [6.07, 6.45) is 2.26. The van der Waals surface area contributed by atoms with Gasteiger partial charge in [0.2, 0.25) is 0 Å². The summed E-state index contributed by atoms with van der Waals surface area (Å²) < 4.78 is 22.3. The van der Waals surface area contributed by atoms with Crippen molar-refractivity contribution in [3.63, 3.8) is 0 Å². The van der Waals surface area contributed by atoms with Crippen LogP contribution in [0.3, 0.4) is 0 Å². The third-order valence-corrected chi connectivity index (χ3v) is 3.94. The Hall–Kier alpha value is -0.540. The van der Waals surface area contributed by atoms with Gasteiger partial charge in [0.25, 0.3) is 0 Å². The molecule has 0 radical (unpaired) electrons. The zero-order valence-electron chi connectivity index (χ0n) is 14.3. The molecule has 3 N–H and O–H groups in total. The second kappa shape index (κ2) is 10.4. The van der Waals surface area contributed by atoms with Crippen LogP contribution in [-0.2, 0) is 18.5 Å². The number of rotatable bonds is 13. The van der Waals surface area contributed by atoms with Crippen LogP contribution in [0.4, 0.5) is 0 Å². The molecule has 0 aliphatic rings. The quantitative estimate of drug-likeness (QED) is 0.191. The molecule has 0 saturated carbocycles. The van der Waals surface area contributed by atoms with E-state index in [9.17, 15) is 19.4 Å². The minimum Gasteiger partial charge on any atom is -0.480 e. The molecule has 0 heterocycles. The molecule has 0 fully saturated rings. The van der Waals surface area contributed by atoms with Gasteiger partial charge in [0.1, 0.15) is 13.2 Å². The second-order valence-corrected chi connectivity index (χ2v) is 7.64. The molecule has 0 saturated heterocycles. The van der Waals surface area contributed by atoms with Gasteiger partial charge in [-0.1, -0.05) is 19.8 Å². The molecule has 0 rings (SSSR count). The Morgan fingerprint density at radius 3 is 2.35 bits per heavy atom. The number of carboxylic acids is 1. The van der Waals surface area contributed by atoms with E-state index in [2.05, 4.69) is 0 Å². The molecule has 0 aromatic heterocycles. The SMILES string of the molecule is CCCCCN(OP(=O)(O)OCC[N+](C)(C)C)[C@H](CO)C(=O)O. The lowest BCUT2D eigenvalue weighted by Gasteiger charge is -2.28. The summed E-state index contributed by atoms with van der Waals surface area (Å²) in [4.78, 5) is 20.9. The first kappa shape index (κ1) is 22.5. The highest BCUT2D eigenvalue weighted by molar-refractivity contribution is 7.47. The van der Waals surface area contributed by atoms with Crippen LogP contribution < -0.4 is 0 Å². The monoisotopic (exact) mass is 357 g/mol. The van der Waals surface area contributed by atoms with Crippen molar-refractivity contribution >= 4 is 13.8 Å². The van der Waals surface area contributed by atoms with E-state index in [1.54, 1.807) is 0 Å². The Balaban J connectivity index is 4.76. The summed E-state index contributed by atoms with van der Waals surface area (Å²) in [6, 6.07) is -1.42. The predicted molar refractivity (Wildman–Crippen MR) is 84.5 cm³/mol. The Labute approximate surface area is 137 Å². The van der Waals surface area contributed by atoms with Gasteiger partial charge in [0, 0.05) is 6.54 Å². The Kier molecular flexibility index (Phi) is 10.1. The van der Waals surface area contributed by atoms with E-state index in [-0.39, 0.29) is 13.2 Å². The summed E-state index contributed by atoms with van der Waals surface area (Å²) in [5.41, 5.74) is 0. The summed E-state index contributed by atoms with van der Waals surface area (Å²) in [5.74, 6) is -1.34. The number of nitrogens with zero attached hydrogens (tertiary/aromatic N) is 2. The van der Waals surface area contributed by atoms with Crippen LogP contribution in [0.5, 0.6) is 0 Å². The second-order valence-electron chi connectivity index (χ2n) is 6.28. The van der Waals surface area contributed by atoms with Crippen LogP contribution in [0.1, 0.15) is 26.2 Å². The Morgan fingerprint density at radius 2 is 1.91 bits per heavy atom. The van der Waals surface area contributed by atoms with Crippen molar-refractivity contribution in [1.29, 1.82) is 0 Å². The van der Waals surface area contributed by atoms with Crippen molar-refractivity contribution in [2.75, 3.05) is 47.4 Å². The van der Waals surface area contributed by atoms with E-state index in [1.165, 1.54) is 0 Å². The van der Waals surface area contributed by atoms with Gasteiger partial charge in [-0.25, -0.2) is 4.57 Å². The van der Waals surface area contributed by atoms with Crippen LogP contribution in [0.25, 0.3) is 0 Å². The molecule has 0 aliphatic carbocycles. The normalized spacial score (nSPS) is 16.3. The van der Waals surface area contributed by atoms with E-state index >= 15 is 0 Å². The van der Waals surface area contributed by atoms with Gasteiger partial charge >= 0.3 is 13.8 Å². The predicted octanol–water partition coefficient (Wildman–Crippen LogP) is 0.679. The van der Waals surface area contributed by atoms with Gasteiger partial charge in [-0.15, -0.1) is 0 Å². The molecular formula is C13H30N2O7P+. The maximum atomic E-state index is 12.0. The summed E-state index contributed by atoms with van der Waals surface area (Å²) in [7, 11) is 1.25. The number of phosphoric acid groups is 1. The molecule has 9 nitrogen and oxygen atoms in total. The molecule has 0 spiro atoms. The zero-order valence-corrected chi connectivity index (χ0v) is 15.2. The van der Waals surface area contributed by atoms with Crippen molar-refractivity contribution in [3.8, 4) is 0 Å². The molecule has 0 bridgehead atoms. The maximum Gasteiger partial charge on any atom is 0.489 e. The smallest absolute Gasteiger partial charge is 0.480 e. The van der Waals surface area contributed by atoms with Crippen molar-refractivity contribution < 1.29 is 38.1 Å². The molecule has 10 heteroatoms. The lowest BCUT2D eigenvalue weighted by molar-refractivity contribution is -0.870. The first-order valence-electron chi connectivity index (χ1n) is 7.60. The third kappa shape index (κ3) is 10.8. The van der Waals surface area contributed by atoms with Crippen molar-refractivity contribution in [2.24, 2.45) is 0 Å². The van der Waals surface area contributed by atoms with Gasteiger partial charge in [0.15, 0.2) is 6.04 Å². The lowest BCUT2D eigenvalue weighted by atomic mass is 10.2. The number of hydrogen-bond acceptors (Lipinski definition) is 6. The topological polar surface area (TPSA) is 117 Å². The van der Waals surface area contributed by atoms with Crippen molar-refractivity contribution in [2.45, 2.75) is 32.2 Å². The Bertz CT molecular complexity index is 400. The van der Waals surface area contributed by atoms with E-state index in [1.807, 2.05) is 28.1 Å². The van der Waals surface area contributed by atoms with Crippen molar-refractivity contribution in [3.05, 3.63) is 0 Å². The molecule has 2 atom stereocenters. The van der Waals surface area contributed by atoms with Gasteiger partial charge in [0.05, 0.1) is 27.7 Å². The largest absolute Gasteiger partial charge is 0.489 e. The fraction of sp³-hybridized carbons (Fsp3) is 0.923. The van der Waals surface area contributed by atoms with Crippen LogP contribution in [-0.4, -0.2) is 84.1 Å². The molecular weight excluding hydrogens is 327 g/mol. The van der Waals surface area contributed by atoms with E-state index in [0.717, 1.165) is 17.9 Å².